The van der Waals surface area contributed by atoms with Crippen LogP contribution >= 0.6 is 0 Å². The van der Waals surface area contributed by atoms with Gasteiger partial charge < -0.3 is 10.2 Å². The third kappa shape index (κ3) is 1.94. The molecule has 0 saturated heterocycles. The monoisotopic (exact) mass is 144 g/mol. The summed E-state index contributed by atoms with van der Waals surface area (Å²) in [7, 11) is 2.01. The van der Waals surface area contributed by atoms with E-state index in [0.29, 0.717) is 12.1 Å². The van der Waals surface area contributed by atoms with E-state index in [-0.39, 0.29) is 0 Å². The van der Waals surface area contributed by atoms with Gasteiger partial charge in [-0.25, -0.2) is 5.90 Å². The fourth-order valence-electron chi connectivity index (χ4n) is 1.49. The van der Waals surface area contributed by atoms with E-state index in [1.807, 2.05) is 7.05 Å². The molecule has 1 fully saturated rings. The van der Waals surface area contributed by atoms with Crippen LogP contribution in [0.15, 0.2) is 0 Å². The minimum absolute atomic E-state index is 0.310. The van der Waals surface area contributed by atoms with Crippen molar-refractivity contribution in [2.45, 2.75) is 37.8 Å². The Morgan fingerprint density at radius 2 is 1.90 bits per heavy atom. The zero-order chi connectivity index (χ0) is 7.40. The second-order valence-corrected chi connectivity index (χ2v) is 2.90. The van der Waals surface area contributed by atoms with Crippen molar-refractivity contribution in [2.75, 3.05) is 7.05 Å². The van der Waals surface area contributed by atoms with Crippen LogP contribution in [0.3, 0.4) is 0 Å². The number of hydrogen-bond acceptors (Lipinski definition) is 3. The first-order valence-electron chi connectivity index (χ1n) is 3.89. The maximum atomic E-state index is 5.07. The van der Waals surface area contributed by atoms with Crippen molar-refractivity contribution in [3.8, 4) is 0 Å². The molecule has 0 unspecified atom stereocenters. The first-order chi connectivity index (χ1) is 4.86. The molecule has 0 amide bonds. The van der Waals surface area contributed by atoms with Gasteiger partial charge in [-0.2, -0.15) is 0 Å². The summed E-state index contributed by atoms with van der Waals surface area (Å²) < 4.78 is 0. The van der Waals surface area contributed by atoms with Gasteiger partial charge in [0.1, 0.15) is 0 Å². The van der Waals surface area contributed by atoms with Crippen LogP contribution in [-0.4, -0.2) is 19.2 Å². The average molecular weight is 144 g/mol. The van der Waals surface area contributed by atoms with Crippen molar-refractivity contribution >= 4 is 0 Å². The summed E-state index contributed by atoms with van der Waals surface area (Å²) in [5, 5.41) is 3.25. The highest BCUT2D eigenvalue weighted by atomic mass is 16.6. The fraction of sp³-hybridized carbons (Fsp3) is 1.00. The largest absolute Gasteiger partial charge is 0.317 e. The zero-order valence-electron chi connectivity index (χ0n) is 6.47. The summed E-state index contributed by atoms with van der Waals surface area (Å²) in [6.45, 7) is 0. The van der Waals surface area contributed by atoms with Crippen LogP contribution in [0.1, 0.15) is 25.7 Å². The van der Waals surface area contributed by atoms with Crippen molar-refractivity contribution in [2.24, 2.45) is 5.90 Å². The molecule has 0 spiro atoms. The molecule has 10 heavy (non-hydrogen) atoms. The minimum atomic E-state index is 0.310. The van der Waals surface area contributed by atoms with Gasteiger partial charge in [0.05, 0.1) is 6.10 Å². The van der Waals surface area contributed by atoms with Gasteiger partial charge in [0, 0.05) is 6.04 Å². The Hall–Kier alpha value is -0.120. The Morgan fingerprint density at radius 1 is 1.30 bits per heavy atom. The summed E-state index contributed by atoms with van der Waals surface area (Å²) in [6, 6.07) is 0.686. The van der Waals surface area contributed by atoms with Gasteiger partial charge in [0.25, 0.3) is 0 Å². The lowest BCUT2D eigenvalue weighted by Gasteiger charge is -2.26. The second-order valence-electron chi connectivity index (χ2n) is 2.90. The Labute approximate surface area is 61.9 Å². The number of nitrogens with one attached hydrogen (secondary N) is 1. The van der Waals surface area contributed by atoms with Gasteiger partial charge in [-0.1, -0.05) is 0 Å². The molecule has 1 aliphatic rings. The SMILES string of the molecule is CNC1CCC(ON)CC1. The molecule has 0 aromatic carbocycles. The Balaban J connectivity index is 2.17. The van der Waals surface area contributed by atoms with E-state index >= 15 is 0 Å². The highest BCUT2D eigenvalue weighted by Gasteiger charge is 2.19. The maximum Gasteiger partial charge on any atom is 0.0788 e. The van der Waals surface area contributed by atoms with Gasteiger partial charge in [-0.15, -0.1) is 0 Å². The highest BCUT2D eigenvalue weighted by molar-refractivity contribution is 4.75. The zero-order valence-corrected chi connectivity index (χ0v) is 6.47. The molecule has 0 aromatic heterocycles. The lowest BCUT2D eigenvalue weighted by atomic mass is 9.93. The molecule has 3 heteroatoms. The first kappa shape index (κ1) is 7.98. The number of rotatable bonds is 2. The molecular weight excluding hydrogens is 128 g/mol. The van der Waals surface area contributed by atoms with Crippen LogP contribution < -0.4 is 11.2 Å². The van der Waals surface area contributed by atoms with Gasteiger partial charge >= 0.3 is 0 Å². The van der Waals surface area contributed by atoms with Crippen LogP contribution in [0, 0.1) is 0 Å². The molecular formula is C7H16N2O. The number of hydrogen-bond donors (Lipinski definition) is 2. The number of nitrogens with two attached hydrogens (primary N) is 1. The van der Waals surface area contributed by atoms with Crippen LogP contribution in [-0.2, 0) is 4.84 Å². The van der Waals surface area contributed by atoms with Crippen LogP contribution in [0.2, 0.25) is 0 Å². The van der Waals surface area contributed by atoms with Crippen molar-refractivity contribution in [1.82, 2.24) is 5.32 Å². The fourth-order valence-corrected chi connectivity index (χ4v) is 1.49. The second kappa shape index (κ2) is 3.91. The summed E-state index contributed by atoms with van der Waals surface area (Å²) in [5.41, 5.74) is 0. The predicted molar refractivity (Wildman–Crippen MR) is 40.4 cm³/mol. The predicted octanol–water partition coefficient (Wildman–Crippen LogP) is 0.407. The van der Waals surface area contributed by atoms with Gasteiger partial charge in [-0.3, -0.25) is 0 Å². The quantitative estimate of drug-likeness (QED) is 0.552. The molecule has 60 valence electrons. The lowest BCUT2D eigenvalue weighted by molar-refractivity contribution is 0.0224. The Bertz CT molecular complexity index is 77.6. The standard InChI is InChI=1S/C7H16N2O/c1-9-6-2-4-7(10-8)5-3-6/h6-7,9H,2-5,8H2,1H3. The lowest BCUT2D eigenvalue weighted by Crippen LogP contribution is -2.33. The summed E-state index contributed by atoms with van der Waals surface area (Å²) in [6.07, 6.45) is 4.89. The van der Waals surface area contributed by atoms with Crippen LogP contribution in [0.25, 0.3) is 0 Å². The molecule has 0 radical (unpaired) electrons. The van der Waals surface area contributed by atoms with Crippen molar-refractivity contribution in [1.29, 1.82) is 0 Å². The molecule has 0 heterocycles. The Kier molecular flexibility index (Phi) is 3.12. The average Bonchev–Trinajstić information content (AvgIpc) is 2.05. The minimum Gasteiger partial charge on any atom is -0.317 e. The van der Waals surface area contributed by atoms with Crippen LogP contribution in [0.4, 0.5) is 0 Å². The van der Waals surface area contributed by atoms with E-state index < -0.39 is 0 Å². The van der Waals surface area contributed by atoms with E-state index in [1.165, 1.54) is 12.8 Å². The van der Waals surface area contributed by atoms with E-state index in [0.717, 1.165) is 12.8 Å². The van der Waals surface area contributed by atoms with E-state index in [1.54, 1.807) is 0 Å². The van der Waals surface area contributed by atoms with E-state index in [2.05, 4.69) is 5.32 Å². The maximum absolute atomic E-state index is 5.07. The topological polar surface area (TPSA) is 47.3 Å². The summed E-state index contributed by atoms with van der Waals surface area (Å²) in [5.74, 6) is 5.07. The highest BCUT2D eigenvalue weighted by Crippen LogP contribution is 2.19. The molecule has 1 aliphatic carbocycles. The van der Waals surface area contributed by atoms with Gasteiger partial charge in [-0.05, 0) is 32.7 Å². The summed E-state index contributed by atoms with van der Waals surface area (Å²) in [4.78, 5) is 4.76. The van der Waals surface area contributed by atoms with E-state index in [9.17, 15) is 0 Å². The third-order valence-electron chi connectivity index (χ3n) is 2.27. The molecule has 3 N–H and O–H groups in total. The molecule has 0 bridgehead atoms. The molecule has 0 atom stereocenters. The smallest absolute Gasteiger partial charge is 0.0788 e. The van der Waals surface area contributed by atoms with Gasteiger partial charge in [0.15, 0.2) is 0 Å². The van der Waals surface area contributed by atoms with Gasteiger partial charge in [0.2, 0.25) is 0 Å². The molecule has 3 nitrogen and oxygen atoms in total. The summed E-state index contributed by atoms with van der Waals surface area (Å²) >= 11 is 0. The molecule has 0 aromatic rings. The van der Waals surface area contributed by atoms with Crippen LogP contribution in [0.5, 0.6) is 0 Å². The van der Waals surface area contributed by atoms with E-state index in [4.69, 9.17) is 10.7 Å². The first-order valence-corrected chi connectivity index (χ1v) is 3.89. The third-order valence-corrected chi connectivity index (χ3v) is 2.27. The molecule has 0 aliphatic heterocycles. The molecule has 1 saturated carbocycles. The normalized spacial score (nSPS) is 34.2. The van der Waals surface area contributed by atoms with Crippen molar-refractivity contribution < 1.29 is 4.84 Å². The van der Waals surface area contributed by atoms with Crippen molar-refractivity contribution in [3.63, 3.8) is 0 Å². The molecule has 1 rings (SSSR count). The Morgan fingerprint density at radius 3 is 2.30 bits per heavy atom. The van der Waals surface area contributed by atoms with Crippen molar-refractivity contribution in [3.05, 3.63) is 0 Å².